The maximum Gasteiger partial charge on any atom is 0.225 e. The van der Waals surface area contributed by atoms with Crippen LogP contribution in [0.1, 0.15) is 12.8 Å². The summed E-state index contributed by atoms with van der Waals surface area (Å²) in [4.78, 5) is 11.4. The van der Waals surface area contributed by atoms with E-state index in [0.717, 1.165) is 29.8 Å². The molecule has 130 valence electrons. The van der Waals surface area contributed by atoms with Crippen molar-refractivity contribution in [2.75, 3.05) is 52.0 Å². The van der Waals surface area contributed by atoms with Gasteiger partial charge in [-0.3, -0.25) is 0 Å². The number of hydrogen-bond donors (Lipinski definition) is 2. The van der Waals surface area contributed by atoms with Crippen LogP contribution in [0.25, 0.3) is 10.9 Å². The SMILES string of the molecule is COc1cc2nc(NCCN(C)C)nc(NC3CC3)c2cc1OC. The van der Waals surface area contributed by atoms with Gasteiger partial charge in [-0.1, -0.05) is 0 Å². The Hall–Kier alpha value is -2.28. The van der Waals surface area contributed by atoms with Gasteiger partial charge in [0.05, 0.1) is 19.7 Å². The van der Waals surface area contributed by atoms with E-state index in [2.05, 4.69) is 25.5 Å². The number of nitrogens with zero attached hydrogens (tertiary/aromatic N) is 3. The first-order valence-corrected chi connectivity index (χ1v) is 8.19. The second-order valence-electron chi connectivity index (χ2n) is 6.27. The van der Waals surface area contributed by atoms with Crippen molar-refractivity contribution in [1.29, 1.82) is 0 Å². The molecule has 1 aliphatic carbocycles. The summed E-state index contributed by atoms with van der Waals surface area (Å²) >= 11 is 0. The van der Waals surface area contributed by atoms with Crippen LogP contribution in [-0.4, -0.2) is 62.3 Å². The maximum absolute atomic E-state index is 5.41. The van der Waals surface area contributed by atoms with Gasteiger partial charge >= 0.3 is 0 Å². The second kappa shape index (κ2) is 7.09. The number of methoxy groups -OCH3 is 2. The average molecular weight is 331 g/mol. The van der Waals surface area contributed by atoms with Gasteiger partial charge in [-0.05, 0) is 33.0 Å². The molecule has 1 fully saturated rings. The van der Waals surface area contributed by atoms with Gasteiger partial charge < -0.3 is 25.0 Å². The molecule has 0 saturated heterocycles. The first kappa shape index (κ1) is 16.6. The Morgan fingerprint density at radius 2 is 1.83 bits per heavy atom. The largest absolute Gasteiger partial charge is 0.493 e. The van der Waals surface area contributed by atoms with Gasteiger partial charge in [-0.2, -0.15) is 4.98 Å². The van der Waals surface area contributed by atoms with Gasteiger partial charge in [0.15, 0.2) is 11.5 Å². The van der Waals surface area contributed by atoms with Crippen molar-refractivity contribution in [3.8, 4) is 11.5 Å². The molecule has 3 rings (SSSR count). The molecule has 7 heteroatoms. The van der Waals surface area contributed by atoms with Crippen molar-refractivity contribution >= 4 is 22.7 Å². The monoisotopic (exact) mass is 331 g/mol. The summed E-state index contributed by atoms with van der Waals surface area (Å²) in [6, 6.07) is 4.33. The van der Waals surface area contributed by atoms with E-state index in [1.54, 1.807) is 14.2 Å². The Kier molecular flexibility index (Phi) is 4.89. The number of ether oxygens (including phenoxy) is 2. The van der Waals surface area contributed by atoms with Crippen molar-refractivity contribution in [1.82, 2.24) is 14.9 Å². The fourth-order valence-corrected chi connectivity index (χ4v) is 2.46. The molecular formula is C17H25N5O2. The first-order chi connectivity index (χ1) is 11.6. The lowest BCUT2D eigenvalue weighted by Crippen LogP contribution is -2.21. The van der Waals surface area contributed by atoms with Crippen molar-refractivity contribution in [3.05, 3.63) is 12.1 Å². The molecule has 2 N–H and O–H groups in total. The minimum absolute atomic E-state index is 0.505. The molecule has 0 unspecified atom stereocenters. The number of benzene rings is 1. The van der Waals surface area contributed by atoms with E-state index in [1.807, 2.05) is 26.2 Å². The third-order valence-corrected chi connectivity index (χ3v) is 3.96. The van der Waals surface area contributed by atoms with Crippen molar-refractivity contribution in [2.24, 2.45) is 0 Å². The van der Waals surface area contributed by atoms with Gasteiger partial charge in [0.2, 0.25) is 5.95 Å². The lowest BCUT2D eigenvalue weighted by Gasteiger charge is -2.15. The highest BCUT2D eigenvalue weighted by Crippen LogP contribution is 2.36. The normalized spacial score (nSPS) is 14.0. The molecule has 1 aromatic heterocycles. The topological polar surface area (TPSA) is 71.5 Å². The highest BCUT2D eigenvalue weighted by Gasteiger charge is 2.23. The molecule has 1 aromatic carbocycles. The highest BCUT2D eigenvalue weighted by molar-refractivity contribution is 5.92. The fourth-order valence-electron chi connectivity index (χ4n) is 2.46. The van der Waals surface area contributed by atoms with Crippen LogP contribution in [0, 0.1) is 0 Å². The lowest BCUT2D eigenvalue weighted by atomic mass is 10.2. The number of aromatic nitrogens is 2. The molecular weight excluding hydrogens is 306 g/mol. The summed E-state index contributed by atoms with van der Waals surface area (Å²) in [6.07, 6.45) is 2.37. The van der Waals surface area contributed by atoms with Crippen LogP contribution in [0.4, 0.5) is 11.8 Å². The van der Waals surface area contributed by atoms with Crippen molar-refractivity contribution in [2.45, 2.75) is 18.9 Å². The molecule has 0 spiro atoms. The van der Waals surface area contributed by atoms with Gasteiger partial charge in [0.1, 0.15) is 5.82 Å². The summed E-state index contributed by atoms with van der Waals surface area (Å²) in [6.45, 7) is 1.70. The lowest BCUT2D eigenvalue weighted by molar-refractivity contribution is 0.356. The van der Waals surface area contributed by atoms with E-state index >= 15 is 0 Å². The van der Waals surface area contributed by atoms with Crippen LogP contribution < -0.4 is 20.1 Å². The van der Waals surface area contributed by atoms with Gasteiger partial charge in [0, 0.05) is 30.6 Å². The smallest absolute Gasteiger partial charge is 0.225 e. The summed E-state index contributed by atoms with van der Waals surface area (Å²) in [7, 11) is 7.35. The molecule has 0 atom stereocenters. The number of hydrogen-bond acceptors (Lipinski definition) is 7. The molecule has 1 aliphatic rings. The van der Waals surface area contributed by atoms with Crippen LogP contribution in [-0.2, 0) is 0 Å². The van der Waals surface area contributed by atoms with E-state index in [9.17, 15) is 0 Å². The summed E-state index contributed by atoms with van der Waals surface area (Å²) in [5, 5.41) is 7.72. The van der Waals surface area contributed by atoms with Gasteiger partial charge in [0.25, 0.3) is 0 Å². The van der Waals surface area contributed by atoms with Crippen molar-refractivity contribution in [3.63, 3.8) is 0 Å². The van der Waals surface area contributed by atoms with E-state index in [4.69, 9.17) is 9.47 Å². The third-order valence-electron chi connectivity index (χ3n) is 3.96. The molecule has 0 radical (unpaired) electrons. The van der Waals surface area contributed by atoms with Crippen LogP contribution in [0.3, 0.4) is 0 Å². The summed E-state index contributed by atoms with van der Waals surface area (Å²) in [5.74, 6) is 2.82. The number of nitrogens with one attached hydrogen (secondary N) is 2. The number of rotatable bonds is 8. The average Bonchev–Trinajstić information content (AvgIpc) is 3.37. The zero-order chi connectivity index (χ0) is 17.1. The van der Waals surface area contributed by atoms with Crippen LogP contribution in [0.15, 0.2) is 12.1 Å². The Morgan fingerprint density at radius 3 is 2.46 bits per heavy atom. The van der Waals surface area contributed by atoms with Gasteiger partial charge in [-0.15, -0.1) is 0 Å². The zero-order valence-corrected chi connectivity index (χ0v) is 14.7. The maximum atomic E-state index is 5.41. The molecule has 2 aromatic rings. The Bertz CT molecular complexity index is 716. The molecule has 1 heterocycles. The Labute approximate surface area is 142 Å². The van der Waals surface area contributed by atoms with E-state index in [0.29, 0.717) is 23.5 Å². The van der Waals surface area contributed by atoms with Crippen molar-refractivity contribution < 1.29 is 9.47 Å². The second-order valence-corrected chi connectivity index (χ2v) is 6.27. The van der Waals surface area contributed by atoms with Crippen LogP contribution in [0.5, 0.6) is 11.5 Å². The molecule has 0 bridgehead atoms. The predicted molar refractivity (Wildman–Crippen MR) is 96.3 cm³/mol. The van der Waals surface area contributed by atoms with E-state index in [1.165, 1.54) is 12.8 Å². The summed E-state index contributed by atoms with van der Waals surface area (Å²) in [5.41, 5.74) is 0.832. The third kappa shape index (κ3) is 3.79. The first-order valence-electron chi connectivity index (χ1n) is 8.19. The van der Waals surface area contributed by atoms with Crippen LogP contribution in [0.2, 0.25) is 0 Å². The molecule has 24 heavy (non-hydrogen) atoms. The van der Waals surface area contributed by atoms with E-state index in [-0.39, 0.29) is 0 Å². The highest BCUT2D eigenvalue weighted by atomic mass is 16.5. The van der Waals surface area contributed by atoms with E-state index < -0.39 is 0 Å². The molecule has 0 aliphatic heterocycles. The predicted octanol–water partition coefficient (Wildman–Crippen LogP) is 2.19. The van der Waals surface area contributed by atoms with Crippen LogP contribution >= 0.6 is 0 Å². The Morgan fingerprint density at radius 1 is 1.12 bits per heavy atom. The minimum atomic E-state index is 0.505. The summed E-state index contributed by atoms with van der Waals surface area (Å²) < 4.78 is 10.8. The van der Waals surface area contributed by atoms with Gasteiger partial charge in [-0.25, -0.2) is 4.98 Å². The molecule has 1 saturated carbocycles. The number of likely N-dealkylation sites (N-methyl/N-ethyl adjacent to an activating group) is 1. The zero-order valence-electron chi connectivity index (χ0n) is 14.7. The number of fused-ring (bicyclic) bond motifs is 1. The quantitative estimate of drug-likeness (QED) is 0.768. The molecule has 0 amide bonds. The fraction of sp³-hybridized carbons (Fsp3) is 0.529. The standard InChI is InChI=1S/C17H25N5O2/c1-22(2)8-7-18-17-20-13-10-15(24-4)14(23-3)9-12(13)16(21-17)19-11-5-6-11/h9-11H,5-8H2,1-4H3,(H2,18,19,20,21). The minimum Gasteiger partial charge on any atom is -0.493 e. The Balaban J connectivity index is 1.97. The molecule has 7 nitrogen and oxygen atoms in total. The number of anilines is 2.